The lowest BCUT2D eigenvalue weighted by atomic mass is 10.3. The number of halogens is 2. The second-order valence-electron chi connectivity index (χ2n) is 7.90. The highest BCUT2D eigenvalue weighted by atomic mass is 35.5. The normalized spacial score (nSPS) is 10.9. The van der Waals surface area contributed by atoms with Crippen molar-refractivity contribution in [3.05, 3.63) is 95.0 Å². The first kappa shape index (κ1) is 28.3. The molecule has 0 unspecified atom stereocenters. The van der Waals surface area contributed by atoms with Gasteiger partial charge in [-0.05, 0) is 54.6 Å². The molecule has 39 heavy (non-hydrogen) atoms. The van der Waals surface area contributed by atoms with Gasteiger partial charge < -0.3 is 19.9 Å². The van der Waals surface area contributed by atoms with Gasteiger partial charge in [-0.1, -0.05) is 52.7 Å². The first-order chi connectivity index (χ1) is 18.7. The smallest absolute Gasteiger partial charge is 0.279 e. The van der Waals surface area contributed by atoms with Crippen molar-refractivity contribution in [3.63, 3.8) is 0 Å². The zero-order valence-corrected chi connectivity index (χ0v) is 23.9. The zero-order valence-electron chi connectivity index (χ0n) is 20.7. The van der Waals surface area contributed by atoms with Gasteiger partial charge in [0.05, 0.1) is 30.1 Å². The number of anilines is 2. The fraction of sp³-hybridized carbons (Fsp3) is 0.0741. The highest BCUT2D eigenvalue weighted by molar-refractivity contribution is 7.92. The fourth-order valence-corrected chi connectivity index (χ4v) is 5.79. The molecule has 0 aliphatic carbocycles. The van der Waals surface area contributed by atoms with E-state index in [0.717, 1.165) is 10.4 Å². The average Bonchev–Trinajstić information content (AvgIpc) is 3.29. The Kier molecular flexibility index (Phi) is 9.03. The Morgan fingerprint density at radius 2 is 1.62 bits per heavy atom. The predicted molar refractivity (Wildman–Crippen MR) is 157 cm³/mol. The Morgan fingerprint density at radius 1 is 0.846 bits per heavy atom. The van der Waals surface area contributed by atoms with Crippen LogP contribution in [0.25, 0.3) is 10.2 Å². The summed E-state index contributed by atoms with van der Waals surface area (Å²) in [5.74, 6) is 0.861. The number of para-hydroxylation sites is 1. The molecule has 0 bridgehead atoms. The van der Waals surface area contributed by atoms with E-state index >= 15 is 0 Å². The van der Waals surface area contributed by atoms with Crippen LogP contribution in [0.2, 0.25) is 10.0 Å². The number of rotatable bonds is 7. The fourth-order valence-electron chi connectivity index (χ4n) is 3.36. The molecule has 0 amide bonds. The number of thiazole rings is 1. The van der Waals surface area contributed by atoms with Gasteiger partial charge in [-0.25, -0.2) is 13.4 Å². The van der Waals surface area contributed by atoms with Gasteiger partial charge in [-0.15, -0.1) is 0 Å². The molecule has 0 saturated heterocycles. The molecule has 1 aromatic heterocycles. The third-order valence-corrected chi connectivity index (χ3v) is 7.89. The van der Waals surface area contributed by atoms with Crippen molar-refractivity contribution in [1.29, 1.82) is 0 Å². The van der Waals surface area contributed by atoms with Crippen LogP contribution in [0.4, 0.5) is 11.4 Å². The summed E-state index contributed by atoms with van der Waals surface area (Å²) in [5.41, 5.74) is 7.09. The Labute approximate surface area is 239 Å². The van der Waals surface area contributed by atoms with Crippen molar-refractivity contribution < 1.29 is 22.6 Å². The van der Waals surface area contributed by atoms with Gasteiger partial charge in [-0.2, -0.15) is 0 Å². The highest BCUT2D eigenvalue weighted by Gasteiger charge is 2.21. The lowest BCUT2D eigenvalue weighted by Gasteiger charge is -2.13. The maximum absolute atomic E-state index is 13.0. The van der Waals surface area contributed by atoms with Crippen LogP contribution in [0, 0.1) is 0 Å². The Balaban J connectivity index is 0.000000438. The molecule has 4 aromatic carbocycles. The number of nitrogen functional groups attached to an aromatic ring is 1. The third kappa shape index (κ3) is 7.45. The van der Waals surface area contributed by atoms with E-state index < -0.39 is 10.0 Å². The van der Waals surface area contributed by atoms with E-state index in [1.807, 2.05) is 36.4 Å². The number of nitrogens with two attached hydrogens (primary N) is 1. The van der Waals surface area contributed by atoms with Gasteiger partial charge in [-0.3, -0.25) is 4.72 Å². The summed E-state index contributed by atoms with van der Waals surface area (Å²) < 4.78 is 45.6. The van der Waals surface area contributed by atoms with Crippen LogP contribution in [-0.4, -0.2) is 27.6 Å². The molecule has 5 aromatic rings. The van der Waals surface area contributed by atoms with Crippen LogP contribution < -0.4 is 24.7 Å². The summed E-state index contributed by atoms with van der Waals surface area (Å²) in [6, 6.07) is 23.9. The predicted octanol–water partition coefficient (Wildman–Crippen LogP) is 7.48. The molecule has 0 atom stereocenters. The van der Waals surface area contributed by atoms with Gasteiger partial charge in [0.25, 0.3) is 15.2 Å². The summed E-state index contributed by atoms with van der Waals surface area (Å²) in [6.45, 7) is 0. The number of aromatic nitrogens is 1. The van der Waals surface area contributed by atoms with E-state index in [0.29, 0.717) is 27.2 Å². The van der Waals surface area contributed by atoms with Crippen molar-refractivity contribution in [2.24, 2.45) is 0 Å². The number of hydrogen-bond acceptors (Lipinski definition) is 8. The van der Waals surface area contributed by atoms with Crippen LogP contribution in [-0.2, 0) is 10.0 Å². The number of nitrogens with zero attached hydrogens (tertiary/aromatic N) is 1. The molecule has 3 N–H and O–H groups in total. The molecule has 0 radical (unpaired) electrons. The summed E-state index contributed by atoms with van der Waals surface area (Å²) in [6.07, 6.45) is 0. The molecule has 8 nitrogen and oxygen atoms in total. The molecule has 0 fully saturated rings. The van der Waals surface area contributed by atoms with Gasteiger partial charge in [0.2, 0.25) is 0 Å². The molecule has 12 heteroatoms. The van der Waals surface area contributed by atoms with E-state index in [9.17, 15) is 8.42 Å². The minimum atomic E-state index is -4.02. The van der Waals surface area contributed by atoms with Crippen molar-refractivity contribution in [2.75, 3.05) is 24.7 Å². The molecule has 0 saturated carbocycles. The minimum Gasteiger partial charge on any atom is -0.497 e. The summed E-state index contributed by atoms with van der Waals surface area (Å²) in [7, 11) is -1.18. The maximum Gasteiger partial charge on any atom is 0.279 e. The van der Waals surface area contributed by atoms with Crippen LogP contribution in [0.5, 0.6) is 22.4 Å². The second-order valence-corrected chi connectivity index (χ2v) is 11.4. The first-order valence-electron chi connectivity index (χ1n) is 11.3. The van der Waals surface area contributed by atoms with Gasteiger partial charge in [0.15, 0.2) is 0 Å². The molecule has 5 rings (SSSR count). The summed E-state index contributed by atoms with van der Waals surface area (Å²) in [5, 5.41) is 1.22. The van der Waals surface area contributed by atoms with Crippen molar-refractivity contribution in [3.8, 4) is 22.4 Å². The van der Waals surface area contributed by atoms with E-state index in [1.165, 1.54) is 49.8 Å². The van der Waals surface area contributed by atoms with E-state index in [-0.39, 0.29) is 21.4 Å². The van der Waals surface area contributed by atoms with Crippen LogP contribution in [0.3, 0.4) is 0 Å². The van der Waals surface area contributed by atoms with Crippen molar-refractivity contribution in [2.45, 2.75) is 4.90 Å². The Morgan fingerprint density at radius 3 is 2.28 bits per heavy atom. The quantitative estimate of drug-likeness (QED) is 0.185. The topological polar surface area (TPSA) is 113 Å². The monoisotopic (exact) mass is 603 g/mol. The number of sulfonamides is 1. The van der Waals surface area contributed by atoms with E-state index in [1.54, 1.807) is 24.3 Å². The van der Waals surface area contributed by atoms with E-state index in [2.05, 4.69) is 9.71 Å². The van der Waals surface area contributed by atoms with Crippen molar-refractivity contribution in [1.82, 2.24) is 4.98 Å². The molecule has 1 heterocycles. The van der Waals surface area contributed by atoms with Crippen LogP contribution in [0.1, 0.15) is 0 Å². The number of nitrogens with one attached hydrogen (secondary N) is 1. The molecule has 202 valence electrons. The summed E-state index contributed by atoms with van der Waals surface area (Å²) in [4.78, 5) is 4.31. The van der Waals surface area contributed by atoms with Gasteiger partial charge in [0.1, 0.15) is 22.1 Å². The number of hydrogen-bond donors (Lipinski definition) is 2. The second kappa shape index (κ2) is 12.4. The largest absolute Gasteiger partial charge is 0.497 e. The van der Waals surface area contributed by atoms with Crippen LogP contribution in [0.15, 0.2) is 89.8 Å². The van der Waals surface area contributed by atoms with Crippen molar-refractivity contribution >= 4 is 66.2 Å². The number of fused-ring (bicyclic) bond motifs is 1. The van der Waals surface area contributed by atoms with E-state index in [4.69, 9.17) is 43.1 Å². The highest BCUT2D eigenvalue weighted by Crippen LogP contribution is 2.36. The third-order valence-electron chi connectivity index (χ3n) is 5.12. The summed E-state index contributed by atoms with van der Waals surface area (Å²) >= 11 is 13.5. The molecule has 0 spiro atoms. The minimum absolute atomic E-state index is 0.0788. The molecule has 0 aliphatic rings. The standard InChI is InChI=1S/C21H16Cl2N2O5S2.C6H7N/c1-28-15-4-5-18(29-2)20(11-15)32(26,27)25-14-7-13(23)8-16(10-14)30-21-24-17-9-12(22)3-6-19(17)31-21;7-6-4-2-1-3-5-6/h3-11,25H,1-2H3;1-5H,7H2. The number of benzene rings is 4. The Hall–Kier alpha value is -3.70. The lowest BCUT2D eigenvalue weighted by molar-refractivity contribution is 0.392. The first-order valence-corrected chi connectivity index (χ1v) is 14.3. The maximum atomic E-state index is 13.0. The Bertz CT molecular complexity index is 1700. The zero-order chi connectivity index (χ0) is 28.0. The average molecular weight is 605 g/mol. The molecular formula is C27H23Cl2N3O5S2. The number of methoxy groups -OCH3 is 2. The van der Waals surface area contributed by atoms with Gasteiger partial charge in [0, 0.05) is 27.9 Å². The van der Waals surface area contributed by atoms with Crippen LogP contribution >= 0.6 is 34.5 Å². The molecule has 0 aliphatic heterocycles. The SMILES string of the molecule is COc1ccc(OC)c(S(=O)(=O)Nc2cc(Cl)cc(Oc3nc4cc(Cl)ccc4s3)c2)c1.Nc1ccccc1. The molecular weight excluding hydrogens is 581 g/mol. The lowest BCUT2D eigenvalue weighted by Crippen LogP contribution is -2.14. The number of ether oxygens (including phenoxy) is 3. The van der Waals surface area contributed by atoms with Gasteiger partial charge >= 0.3 is 0 Å².